The molecule has 1 amide bonds. The van der Waals surface area contributed by atoms with Gasteiger partial charge in [-0.3, -0.25) is 14.8 Å². The number of nitrogens with one attached hydrogen (secondary N) is 1. The second kappa shape index (κ2) is 11.2. The third-order valence-corrected chi connectivity index (χ3v) is 6.38. The van der Waals surface area contributed by atoms with Crippen molar-refractivity contribution in [1.29, 1.82) is 0 Å². The highest BCUT2D eigenvalue weighted by molar-refractivity contribution is 5.76. The van der Waals surface area contributed by atoms with Gasteiger partial charge in [0, 0.05) is 43.5 Å². The maximum absolute atomic E-state index is 12.8. The topological polar surface area (TPSA) is 74.2 Å². The monoisotopic (exact) mass is 422 g/mol. The van der Waals surface area contributed by atoms with Crippen LogP contribution in [0.3, 0.4) is 0 Å². The number of carbonyl (C=O) groups excluding carboxylic acids is 1. The van der Waals surface area contributed by atoms with Gasteiger partial charge in [-0.15, -0.1) is 0 Å². The van der Waals surface area contributed by atoms with Crippen molar-refractivity contribution in [2.75, 3.05) is 38.0 Å². The average Bonchev–Trinajstić information content (AvgIpc) is 3.09. The standard InChI is InChI=1S/C24H34N6O/c31-24(8-6-15-29-13-3-1-2-4-14-29)30-16-5-7-20(19-30)22-10-9-21(17-27-22)28-23-18-25-11-12-26-23/h9-12,17-18,20H,1-8,13-16,19H2,(H,26,28)/t20-/m0/s1. The number of pyridine rings is 1. The van der Waals surface area contributed by atoms with E-state index in [2.05, 4.69) is 36.1 Å². The number of nitrogens with zero attached hydrogens (tertiary/aromatic N) is 5. The summed E-state index contributed by atoms with van der Waals surface area (Å²) in [7, 11) is 0. The molecule has 2 aliphatic rings. The summed E-state index contributed by atoms with van der Waals surface area (Å²) < 4.78 is 0. The van der Waals surface area contributed by atoms with E-state index in [-0.39, 0.29) is 0 Å². The molecule has 0 unspecified atom stereocenters. The molecule has 2 saturated heterocycles. The predicted molar refractivity (Wildman–Crippen MR) is 122 cm³/mol. The number of carbonyl (C=O) groups is 1. The summed E-state index contributed by atoms with van der Waals surface area (Å²) in [6.45, 7) is 5.13. The number of hydrogen-bond donors (Lipinski definition) is 1. The molecule has 4 rings (SSSR count). The Balaban J connectivity index is 1.25. The van der Waals surface area contributed by atoms with Gasteiger partial charge < -0.3 is 15.1 Å². The summed E-state index contributed by atoms with van der Waals surface area (Å²) >= 11 is 0. The van der Waals surface area contributed by atoms with Crippen LogP contribution in [0.1, 0.15) is 63.0 Å². The summed E-state index contributed by atoms with van der Waals surface area (Å²) in [6.07, 6.45) is 15.9. The van der Waals surface area contributed by atoms with E-state index in [1.165, 1.54) is 38.8 Å². The van der Waals surface area contributed by atoms with Gasteiger partial charge in [0.2, 0.25) is 5.91 Å². The molecule has 166 valence electrons. The van der Waals surface area contributed by atoms with Crippen molar-refractivity contribution in [3.8, 4) is 0 Å². The van der Waals surface area contributed by atoms with Gasteiger partial charge in [-0.05, 0) is 63.9 Å². The molecule has 0 spiro atoms. The quantitative estimate of drug-likeness (QED) is 0.728. The van der Waals surface area contributed by atoms with E-state index in [4.69, 9.17) is 0 Å². The number of hydrogen-bond acceptors (Lipinski definition) is 6. The molecule has 2 aromatic rings. The highest BCUT2D eigenvalue weighted by Crippen LogP contribution is 2.27. The van der Waals surface area contributed by atoms with Crippen LogP contribution < -0.4 is 5.32 Å². The zero-order valence-corrected chi connectivity index (χ0v) is 18.4. The van der Waals surface area contributed by atoms with Crippen LogP contribution in [-0.2, 0) is 4.79 Å². The largest absolute Gasteiger partial charge is 0.342 e. The Morgan fingerprint density at radius 2 is 1.87 bits per heavy atom. The number of aromatic nitrogens is 3. The molecule has 0 bridgehead atoms. The fourth-order valence-electron chi connectivity index (χ4n) is 4.65. The lowest BCUT2D eigenvalue weighted by molar-refractivity contribution is -0.132. The van der Waals surface area contributed by atoms with Crippen molar-refractivity contribution in [3.63, 3.8) is 0 Å². The van der Waals surface area contributed by atoms with Crippen LogP contribution in [0.5, 0.6) is 0 Å². The summed E-state index contributed by atoms with van der Waals surface area (Å²) in [5.41, 5.74) is 1.95. The first kappa shape index (κ1) is 21.7. The summed E-state index contributed by atoms with van der Waals surface area (Å²) in [6, 6.07) is 4.09. The Hall–Kier alpha value is -2.54. The maximum atomic E-state index is 12.8. The molecule has 2 aromatic heterocycles. The van der Waals surface area contributed by atoms with E-state index in [0.717, 1.165) is 50.3 Å². The lowest BCUT2D eigenvalue weighted by Crippen LogP contribution is -2.39. The third-order valence-electron chi connectivity index (χ3n) is 6.38. The number of rotatable bonds is 7. The van der Waals surface area contributed by atoms with Gasteiger partial charge >= 0.3 is 0 Å². The minimum absolute atomic E-state index is 0.306. The zero-order valence-electron chi connectivity index (χ0n) is 18.4. The van der Waals surface area contributed by atoms with Crippen molar-refractivity contribution in [3.05, 3.63) is 42.6 Å². The second-order valence-electron chi connectivity index (χ2n) is 8.73. The minimum atomic E-state index is 0.306. The lowest BCUT2D eigenvalue weighted by atomic mass is 9.94. The fraction of sp³-hybridized carbons (Fsp3) is 0.583. The van der Waals surface area contributed by atoms with Crippen LogP contribution in [0.25, 0.3) is 0 Å². The summed E-state index contributed by atoms with van der Waals surface area (Å²) in [5, 5.41) is 3.21. The highest BCUT2D eigenvalue weighted by atomic mass is 16.2. The molecular weight excluding hydrogens is 388 g/mol. The van der Waals surface area contributed by atoms with Crippen molar-refractivity contribution in [2.45, 2.75) is 57.3 Å². The van der Waals surface area contributed by atoms with Crippen LogP contribution in [0.2, 0.25) is 0 Å². The van der Waals surface area contributed by atoms with Crippen LogP contribution >= 0.6 is 0 Å². The zero-order chi connectivity index (χ0) is 21.3. The molecule has 2 aliphatic heterocycles. The van der Waals surface area contributed by atoms with E-state index in [1.807, 2.05) is 12.3 Å². The Labute approximate surface area is 185 Å². The smallest absolute Gasteiger partial charge is 0.222 e. The molecular formula is C24H34N6O. The van der Waals surface area contributed by atoms with Gasteiger partial charge in [-0.2, -0.15) is 0 Å². The molecule has 0 radical (unpaired) electrons. The van der Waals surface area contributed by atoms with Gasteiger partial charge in [0.15, 0.2) is 0 Å². The van der Waals surface area contributed by atoms with E-state index in [0.29, 0.717) is 24.1 Å². The van der Waals surface area contributed by atoms with Crippen LogP contribution in [0.4, 0.5) is 11.5 Å². The SMILES string of the molecule is O=C(CCCN1CCCCCC1)N1CCC[C@H](c2ccc(Nc3cnccn3)cn2)C1. The molecule has 31 heavy (non-hydrogen) atoms. The lowest BCUT2D eigenvalue weighted by Gasteiger charge is -2.33. The minimum Gasteiger partial charge on any atom is -0.342 e. The normalized spacial score (nSPS) is 20.3. The maximum Gasteiger partial charge on any atom is 0.222 e. The Bertz CT molecular complexity index is 805. The number of likely N-dealkylation sites (tertiary alicyclic amines) is 2. The second-order valence-corrected chi connectivity index (χ2v) is 8.73. The van der Waals surface area contributed by atoms with Gasteiger partial charge in [-0.1, -0.05) is 12.8 Å². The van der Waals surface area contributed by atoms with Crippen molar-refractivity contribution < 1.29 is 4.79 Å². The van der Waals surface area contributed by atoms with Crippen LogP contribution in [-0.4, -0.2) is 63.4 Å². The molecule has 7 heteroatoms. The first-order chi connectivity index (χ1) is 15.3. The van der Waals surface area contributed by atoms with Gasteiger partial charge in [0.05, 0.1) is 18.1 Å². The molecule has 0 saturated carbocycles. The molecule has 4 heterocycles. The van der Waals surface area contributed by atoms with Crippen LogP contribution in [0, 0.1) is 0 Å². The molecule has 0 aromatic carbocycles. The van der Waals surface area contributed by atoms with Gasteiger partial charge in [0.25, 0.3) is 0 Å². The summed E-state index contributed by atoms with van der Waals surface area (Å²) in [4.78, 5) is 30.4. The van der Waals surface area contributed by atoms with E-state index in [9.17, 15) is 4.79 Å². The molecule has 0 aliphatic carbocycles. The van der Waals surface area contributed by atoms with Gasteiger partial charge in [0.1, 0.15) is 5.82 Å². The molecule has 2 fully saturated rings. The molecule has 7 nitrogen and oxygen atoms in total. The fourth-order valence-corrected chi connectivity index (χ4v) is 4.65. The first-order valence-electron chi connectivity index (χ1n) is 11.8. The predicted octanol–water partition coefficient (Wildman–Crippen LogP) is 3.98. The summed E-state index contributed by atoms with van der Waals surface area (Å²) in [5.74, 6) is 1.32. The Morgan fingerprint density at radius 3 is 2.61 bits per heavy atom. The van der Waals surface area contributed by atoms with Crippen molar-refractivity contribution in [1.82, 2.24) is 24.8 Å². The van der Waals surface area contributed by atoms with Gasteiger partial charge in [-0.25, -0.2) is 4.98 Å². The Kier molecular flexibility index (Phi) is 7.82. The Morgan fingerprint density at radius 1 is 1.00 bits per heavy atom. The van der Waals surface area contributed by atoms with Crippen LogP contribution in [0.15, 0.2) is 36.9 Å². The van der Waals surface area contributed by atoms with Crippen molar-refractivity contribution in [2.24, 2.45) is 0 Å². The van der Waals surface area contributed by atoms with E-state index >= 15 is 0 Å². The van der Waals surface area contributed by atoms with E-state index in [1.54, 1.807) is 18.6 Å². The first-order valence-corrected chi connectivity index (χ1v) is 11.8. The van der Waals surface area contributed by atoms with E-state index < -0.39 is 0 Å². The molecule has 1 N–H and O–H groups in total. The van der Waals surface area contributed by atoms with Crippen molar-refractivity contribution >= 4 is 17.4 Å². The third kappa shape index (κ3) is 6.47. The highest BCUT2D eigenvalue weighted by Gasteiger charge is 2.25. The average molecular weight is 423 g/mol. The molecule has 1 atom stereocenters. The number of piperidine rings is 1. The number of anilines is 2. The number of amides is 1.